The summed E-state index contributed by atoms with van der Waals surface area (Å²) in [5, 5.41) is 3.42. The van der Waals surface area contributed by atoms with Gasteiger partial charge in [-0.3, -0.25) is 9.88 Å². The number of cyclic esters (lactones) is 1. The summed E-state index contributed by atoms with van der Waals surface area (Å²) < 4.78 is 4.97. The Bertz CT molecular complexity index is 895. The molecule has 26 heavy (non-hydrogen) atoms. The molecule has 0 unspecified atom stereocenters. The van der Waals surface area contributed by atoms with Crippen LogP contribution < -0.4 is 10.2 Å². The topological polar surface area (TPSA) is 54.5 Å². The highest BCUT2D eigenvalue weighted by molar-refractivity contribution is 5.89. The summed E-state index contributed by atoms with van der Waals surface area (Å²) in [7, 11) is 0. The number of amides is 1. The van der Waals surface area contributed by atoms with Crippen molar-refractivity contribution in [2.75, 3.05) is 23.4 Å². The van der Waals surface area contributed by atoms with Crippen LogP contribution in [-0.4, -0.2) is 24.2 Å². The summed E-state index contributed by atoms with van der Waals surface area (Å²) in [6.45, 7) is 1.78. The fourth-order valence-electron chi connectivity index (χ4n) is 3.00. The van der Waals surface area contributed by atoms with E-state index in [1.807, 2.05) is 36.4 Å². The molecule has 130 valence electrons. The van der Waals surface area contributed by atoms with Crippen molar-refractivity contribution < 1.29 is 9.53 Å². The third-order valence-corrected chi connectivity index (χ3v) is 4.38. The van der Waals surface area contributed by atoms with Crippen molar-refractivity contribution in [3.05, 3.63) is 78.6 Å². The maximum absolute atomic E-state index is 11.6. The first-order valence-corrected chi connectivity index (χ1v) is 8.57. The van der Waals surface area contributed by atoms with E-state index in [9.17, 15) is 4.79 Å². The van der Waals surface area contributed by atoms with Crippen molar-refractivity contribution in [3.63, 3.8) is 0 Å². The highest BCUT2D eigenvalue weighted by Gasteiger charge is 2.23. The van der Waals surface area contributed by atoms with Gasteiger partial charge in [0, 0.05) is 30.3 Å². The Morgan fingerprint density at radius 1 is 1.00 bits per heavy atom. The van der Waals surface area contributed by atoms with Crippen LogP contribution in [-0.2, 0) is 11.3 Å². The van der Waals surface area contributed by atoms with Crippen molar-refractivity contribution in [3.8, 4) is 11.1 Å². The molecular formula is C21H19N3O2. The molecule has 5 nitrogen and oxygen atoms in total. The van der Waals surface area contributed by atoms with E-state index in [0.717, 1.165) is 23.5 Å². The Hall–Kier alpha value is -3.34. The second kappa shape index (κ2) is 7.27. The van der Waals surface area contributed by atoms with Gasteiger partial charge < -0.3 is 10.1 Å². The first kappa shape index (κ1) is 16.1. The van der Waals surface area contributed by atoms with Crippen molar-refractivity contribution in [2.24, 2.45) is 0 Å². The van der Waals surface area contributed by atoms with Crippen LogP contribution in [0.2, 0.25) is 0 Å². The van der Waals surface area contributed by atoms with Crippen LogP contribution in [0, 0.1) is 0 Å². The zero-order valence-electron chi connectivity index (χ0n) is 14.3. The van der Waals surface area contributed by atoms with Gasteiger partial charge in [0.1, 0.15) is 6.61 Å². The van der Waals surface area contributed by atoms with Crippen molar-refractivity contribution in [1.82, 2.24) is 4.98 Å². The fraction of sp³-hybridized carbons (Fsp3) is 0.143. The van der Waals surface area contributed by atoms with E-state index in [4.69, 9.17) is 4.74 Å². The zero-order chi connectivity index (χ0) is 17.8. The van der Waals surface area contributed by atoms with Crippen molar-refractivity contribution >= 4 is 17.5 Å². The second-order valence-electron chi connectivity index (χ2n) is 6.10. The molecular weight excluding hydrogens is 326 g/mol. The molecule has 0 bridgehead atoms. The molecule has 1 aliphatic heterocycles. The molecule has 0 atom stereocenters. The molecule has 1 aliphatic rings. The predicted octanol–water partition coefficient (Wildman–Crippen LogP) is 4.32. The molecule has 3 aromatic rings. The number of rotatable bonds is 5. The van der Waals surface area contributed by atoms with Crippen LogP contribution in [0.4, 0.5) is 16.2 Å². The molecule has 0 radical (unpaired) electrons. The number of nitrogens with zero attached hydrogens (tertiary/aromatic N) is 2. The minimum absolute atomic E-state index is 0.279. The average molecular weight is 345 g/mol. The lowest BCUT2D eigenvalue weighted by Gasteiger charge is -2.14. The van der Waals surface area contributed by atoms with Crippen LogP contribution in [0.15, 0.2) is 73.1 Å². The van der Waals surface area contributed by atoms with E-state index < -0.39 is 0 Å². The molecule has 2 aromatic carbocycles. The lowest BCUT2D eigenvalue weighted by Crippen LogP contribution is -2.23. The monoisotopic (exact) mass is 345 g/mol. The summed E-state index contributed by atoms with van der Waals surface area (Å²) in [6, 6.07) is 20.3. The molecule has 5 heteroatoms. The minimum Gasteiger partial charge on any atom is -0.447 e. The number of hydrogen-bond donors (Lipinski definition) is 1. The highest BCUT2D eigenvalue weighted by atomic mass is 16.6. The molecule has 0 spiro atoms. The maximum Gasteiger partial charge on any atom is 0.414 e. The number of ether oxygens (including phenoxy) is 1. The normalized spacial score (nSPS) is 13.5. The second-order valence-corrected chi connectivity index (χ2v) is 6.10. The molecule has 1 amide bonds. The van der Waals surface area contributed by atoms with Gasteiger partial charge in [0.25, 0.3) is 0 Å². The number of aromatic nitrogens is 1. The lowest BCUT2D eigenvalue weighted by atomic mass is 10.0. The van der Waals surface area contributed by atoms with Crippen LogP contribution in [0.5, 0.6) is 0 Å². The number of nitrogens with one attached hydrogen (secondary N) is 1. The Balaban J connectivity index is 1.42. The van der Waals surface area contributed by atoms with Gasteiger partial charge in [-0.15, -0.1) is 0 Å². The third-order valence-electron chi connectivity index (χ3n) is 4.38. The summed E-state index contributed by atoms with van der Waals surface area (Å²) in [5.41, 5.74) is 5.40. The number of anilines is 2. The van der Waals surface area contributed by atoms with E-state index in [-0.39, 0.29) is 6.09 Å². The molecule has 0 saturated carbocycles. The van der Waals surface area contributed by atoms with Gasteiger partial charge in [-0.2, -0.15) is 0 Å². The predicted molar refractivity (Wildman–Crippen MR) is 102 cm³/mol. The Kier molecular flexibility index (Phi) is 4.51. The smallest absolute Gasteiger partial charge is 0.414 e. The van der Waals surface area contributed by atoms with E-state index in [2.05, 4.69) is 34.6 Å². The molecule has 1 saturated heterocycles. The lowest BCUT2D eigenvalue weighted by molar-refractivity contribution is 0.181. The van der Waals surface area contributed by atoms with E-state index in [0.29, 0.717) is 13.2 Å². The van der Waals surface area contributed by atoms with Crippen LogP contribution in [0.1, 0.15) is 5.56 Å². The molecule has 1 aromatic heterocycles. The zero-order valence-corrected chi connectivity index (χ0v) is 14.3. The van der Waals surface area contributed by atoms with Gasteiger partial charge in [0.15, 0.2) is 0 Å². The van der Waals surface area contributed by atoms with Crippen LogP contribution in [0.25, 0.3) is 11.1 Å². The number of carbonyl (C=O) groups is 1. The fourth-order valence-corrected chi connectivity index (χ4v) is 3.00. The van der Waals surface area contributed by atoms with Gasteiger partial charge in [0.05, 0.1) is 6.54 Å². The minimum atomic E-state index is -0.279. The standard InChI is InChI=1S/C21H19N3O2/c25-21-24(12-13-26-21)20-6-4-19(5-7-20)23-15-16-2-1-3-18(14-16)17-8-10-22-11-9-17/h1-11,14,23H,12-13,15H2. The first-order chi connectivity index (χ1) is 12.8. The number of benzene rings is 2. The molecule has 2 heterocycles. The first-order valence-electron chi connectivity index (χ1n) is 8.57. The largest absolute Gasteiger partial charge is 0.447 e. The summed E-state index contributed by atoms with van der Waals surface area (Å²) in [4.78, 5) is 17.3. The third kappa shape index (κ3) is 3.52. The number of pyridine rings is 1. The summed E-state index contributed by atoms with van der Waals surface area (Å²) >= 11 is 0. The highest BCUT2D eigenvalue weighted by Crippen LogP contribution is 2.23. The Morgan fingerprint density at radius 3 is 2.54 bits per heavy atom. The van der Waals surface area contributed by atoms with Crippen LogP contribution in [0.3, 0.4) is 0 Å². The SMILES string of the molecule is O=C1OCCN1c1ccc(NCc2cccc(-c3ccncc3)c2)cc1. The van der Waals surface area contributed by atoms with Gasteiger partial charge in [-0.25, -0.2) is 4.79 Å². The van der Waals surface area contributed by atoms with Gasteiger partial charge >= 0.3 is 6.09 Å². The van der Waals surface area contributed by atoms with Gasteiger partial charge in [-0.1, -0.05) is 18.2 Å². The molecule has 0 aliphatic carbocycles. The van der Waals surface area contributed by atoms with Gasteiger partial charge in [0.2, 0.25) is 0 Å². The Morgan fingerprint density at radius 2 is 1.81 bits per heavy atom. The van der Waals surface area contributed by atoms with Crippen LogP contribution >= 0.6 is 0 Å². The number of carbonyl (C=O) groups excluding carboxylic acids is 1. The van der Waals surface area contributed by atoms with Crippen molar-refractivity contribution in [1.29, 1.82) is 0 Å². The molecule has 1 fully saturated rings. The summed E-state index contributed by atoms with van der Waals surface area (Å²) in [6.07, 6.45) is 3.33. The van der Waals surface area contributed by atoms with E-state index in [1.54, 1.807) is 17.3 Å². The maximum atomic E-state index is 11.6. The Labute approximate surface area is 152 Å². The van der Waals surface area contributed by atoms with E-state index in [1.165, 1.54) is 11.1 Å². The van der Waals surface area contributed by atoms with Gasteiger partial charge in [-0.05, 0) is 59.2 Å². The quantitative estimate of drug-likeness (QED) is 0.748. The van der Waals surface area contributed by atoms with E-state index >= 15 is 0 Å². The molecule has 4 rings (SSSR count). The average Bonchev–Trinajstić information content (AvgIpc) is 3.14. The number of hydrogen-bond acceptors (Lipinski definition) is 4. The summed E-state index contributed by atoms with van der Waals surface area (Å²) in [5.74, 6) is 0. The van der Waals surface area contributed by atoms with Crippen molar-refractivity contribution in [2.45, 2.75) is 6.54 Å². The molecule has 1 N–H and O–H groups in total.